The summed E-state index contributed by atoms with van der Waals surface area (Å²) in [6, 6.07) is 17.6. The van der Waals surface area contributed by atoms with Crippen molar-refractivity contribution in [2.75, 3.05) is 18.4 Å². The quantitative estimate of drug-likeness (QED) is 0.181. The Bertz CT molecular complexity index is 1470. The van der Waals surface area contributed by atoms with E-state index in [9.17, 15) is 8.42 Å². The SMILES string of the molecule is O=S(=O)(NCCNc1cc(C2CCCCC2Cl)nc2c(Br)cnn12)c1ccc(Oc2ccccc2)cc1. The summed E-state index contributed by atoms with van der Waals surface area (Å²) in [7, 11) is -3.68. The Kier molecular flexibility index (Phi) is 7.99. The molecular formula is C26H27BrClN5O3S. The molecule has 4 aromatic rings. The lowest BCUT2D eigenvalue weighted by Gasteiger charge is -2.27. The van der Waals surface area contributed by atoms with Crippen molar-refractivity contribution in [3.05, 3.63) is 77.0 Å². The molecule has 2 N–H and O–H groups in total. The Balaban J connectivity index is 1.23. The number of alkyl halides is 1. The molecule has 2 aromatic heterocycles. The van der Waals surface area contributed by atoms with Crippen LogP contribution in [0.4, 0.5) is 5.82 Å². The lowest BCUT2D eigenvalue weighted by Crippen LogP contribution is -2.29. The second-order valence-corrected chi connectivity index (χ2v) is 12.1. The second kappa shape index (κ2) is 11.4. The molecule has 1 saturated carbocycles. The molecule has 0 bridgehead atoms. The van der Waals surface area contributed by atoms with Crippen LogP contribution in [0.25, 0.3) is 5.65 Å². The number of fused-ring (bicyclic) bond motifs is 1. The summed E-state index contributed by atoms with van der Waals surface area (Å²) in [4.78, 5) is 4.99. The van der Waals surface area contributed by atoms with E-state index in [1.165, 1.54) is 12.1 Å². The third-order valence-electron chi connectivity index (χ3n) is 6.35. The molecule has 0 saturated heterocycles. The van der Waals surface area contributed by atoms with Crippen molar-refractivity contribution in [2.45, 2.75) is 41.9 Å². The summed E-state index contributed by atoms with van der Waals surface area (Å²) in [5, 5.41) is 7.75. The average molecular weight is 605 g/mol. The van der Waals surface area contributed by atoms with E-state index in [4.69, 9.17) is 21.3 Å². The van der Waals surface area contributed by atoms with E-state index in [0.717, 1.165) is 41.7 Å². The summed E-state index contributed by atoms with van der Waals surface area (Å²) < 4.78 is 36.5. The fourth-order valence-corrected chi connectivity index (χ4v) is 6.25. The van der Waals surface area contributed by atoms with Crippen molar-refractivity contribution in [3.63, 3.8) is 0 Å². The predicted octanol–water partition coefficient (Wildman–Crippen LogP) is 5.94. The number of hydrogen-bond donors (Lipinski definition) is 2. The molecule has 5 rings (SSSR count). The Labute approximate surface area is 229 Å². The molecule has 0 aliphatic heterocycles. The first-order chi connectivity index (χ1) is 17.9. The van der Waals surface area contributed by atoms with Crippen molar-refractivity contribution < 1.29 is 13.2 Å². The van der Waals surface area contributed by atoms with Crippen molar-refractivity contribution in [2.24, 2.45) is 0 Å². The van der Waals surface area contributed by atoms with Crippen LogP contribution in [0.5, 0.6) is 11.5 Å². The van der Waals surface area contributed by atoms with Gasteiger partial charge in [-0.1, -0.05) is 31.0 Å². The molecule has 1 aliphatic carbocycles. The van der Waals surface area contributed by atoms with Gasteiger partial charge in [0.1, 0.15) is 17.3 Å². The number of rotatable bonds is 9. The average Bonchev–Trinajstić information content (AvgIpc) is 3.28. The van der Waals surface area contributed by atoms with Crippen molar-refractivity contribution in [1.29, 1.82) is 0 Å². The minimum Gasteiger partial charge on any atom is -0.457 e. The lowest BCUT2D eigenvalue weighted by molar-refractivity contribution is 0.444. The summed E-state index contributed by atoms with van der Waals surface area (Å²) in [6.45, 7) is 0.549. The Morgan fingerprint density at radius 2 is 1.76 bits per heavy atom. The Hall–Kier alpha value is -2.66. The molecule has 11 heteroatoms. The Morgan fingerprint density at radius 3 is 2.51 bits per heavy atom. The fourth-order valence-electron chi connectivity index (χ4n) is 4.46. The smallest absolute Gasteiger partial charge is 0.240 e. The number of sulfonamides is 1. The van der Waals surface area contributed by atoms with E-state index in [0.29, 0.717) is 23.7 Å². The van der Waals surface area contributed by atoms with Crippen LogP contribution in [0, 0.1) is 0 Å². The molecule has 37 heavy (non-hydrogen) atoms. The highest BCUT2D eigenvalue weighted by molar-refractivity contribution is 9.10. The highest BCUT2D eigenvalue weighted by Gasteiger charge is 2.27. The first-order valence-corrected chi connectivity index (χ1v) is 14.9. The normalized spacial score (nSPS) is 18.1. The van der Waals surface area contributed by atoms with E-state index in [1.807, 2.05) is 36.4 Å². The zero-order valence-electron chi connectivity index (χ0n) is 20.0. The molecule has 1 fully saturated rings. The molecule has 2 heterocycles. The van der Waals surface area contributed by atoms with Gasteiger partial charge in [0.15, 0.2) is 5.65 Å². The number of nitrogens with zero attached hydrogens (tertiary/aromatic N) is 3. The van der Waals surface area contributed by atoms with Crippen LogP contribution >= 0.6 is 27.5 Å². The number of benzene rings is 2. The van der Waals surface area contributed by atoms with Gasteiger partial charge in [-0.2, -0.15) is 9.61 Å². The maximum atomic E-state index is 12.8. The number of para-hydroxylation sites is 1. The summed E-state index contributed by atoms with van der Waals surface area (Å²) in [6.07, 6.45) is 5.94. The largest absolute Gasteiger partial charge is 0.457 e. The van der Waals surface area contributed by atoms with Gasteiger partial charge in [-0.25, -0.2) is 18.1 Å². The minimum atomic E-state index is -3.68. The van der Waals surface area contributed by atoms with Gasteiger partial charge < -0.3 is 10.1 Å². The van der Waals surface area contributed by atoms with Crippen LogP contribution < -0.4 is 14.8 Å². The van der Waals surface area contributed by atoms with Crippen molar-refractivity contribution in [3.8, 4) is 11.5 Å². The molecule has 1 aliphatic rings. The number of nitrogens with one attached hydrogen (secondary N) is 2. The molecule has 8 nitrogen and oxygen atoms in total. The lowest BCUT2D eigenvalue weighted by atomic mass is 9.86. The molecule has 194 valence electrons. The van der Waals surface area contributed by atoms with Crippen molar-refractivity contribution >= 4 is 49.0 Å². The number of aromatic nitrogens is 3. The Morgan fingerprint density at radius 1 is 1.03 bits per heavy atom. The monoisotopic (exact) mass is 603 g/mol. The molecule has 0 spiro atoms. The third kappa shape index (κ3) is 6.09. The van der Waals surface area contributed by atoms with Crippen LogP contribution in [0.15, 0.2) is 76.2 Å². The first kappa shape index (κ1) is 26.0. The van der Waals surface area contributed by atoms with E-state index in [-0.39, 0.29) is 22.7 Å². The van der Waals surface area contributed by atoms with Gasteiger partial charge in [0.05, 0.1) is 21.3 Å². The predicted molar refractivity (Wildman–Crippen MR) is 148 cm³/mol. The summed E-state index contributed by atoms with van der Waals surface area (Å²) in [5.74, 6) is 2.16. The highest BCUT2D eigenvalue weighted by Crippen LogP contribution is 2.37. The topological polar surface area (TPSA) is 97.6 Å². The second-order valence-electron chi connectivity index (χ2n) is 8.91. The summed E-state index contributed by atoms with van der Waals surface area (Å²) in [5.41, 5.74) is 1.63. The van der Waals surface area contributed by atoms with Gasteiger partial charge in [0.2, 0.25) is 10.0 Å². The zero-order chi connectivity index (χ0) is 25.8. The minimum absolute atomic E-state index is 0.0505. The molecular weight excluding hydrogens is 578 g/mol. The molecule has 0 amide bonds. The zero-order valence-corrected chi connectivity index (χ0v) is 23.1. The van der Waals surface area contributed by atoms with Gasteiger partial charge in [-0.15, -0.1) is 11.6 Å². The van der Waals surface area contributed by atoms with Gasteiger partial charge in [-0.3, -0.25) is 0 Å². The van der Waals surface area contributed by atoms with E-state index in [2.05, 4.69) is 31.1 Å². The van der Waals surface area contributed by atoms with E-state index in [1.54, 1.807) is 22.8 Å². The van der Waals surface area contributed by atoms with Crippen LogP contribution in [0.3, 0.4) is 0 Å². The third-order valence-corrected chi connectivity index (χ3v) is 8.90. The molecule has 2 unspecified atom stereocenters. The van der Waals surface area contributed by atoms with Crippen LogP contribution in [-0.4, -0.2) is 41.5 Å². The number of anilines is 1. The maximum absolute atomic E-state index is 12.8. The van der Waals surface area contributed by atoms with Gasteiger partial charge in [-0.05, 0) is 65.2 Å². The molecule has 2 aromatic carbocycles. The standard InChI is InChI=1S/C26H27BrClN5O3S/c27-22-17-30-33-25(16-24(32-26(22)33)21-8-4-5-9-23(21)28)29-14-15-31-37(34,35)20-12-10-19(11-13-20)36-18-6-2-1-3-7-18/h1-3,6-7,10-13,16-17,21,23,29,31H,4-5,8-9,14-15H2. The van der Waals surface area contributed by atoms with Crippen LogP contribution in [-0.2, 0) is 10.0 Å². The molecule has 2 atom stereocenters. The van der Waals surface area contributed by atoms with Gasteiger partial charge in [0.25, 0.3) is 0 Å². The van der Waals surface area contributed by atoms with Crippen LogP contribution in [0.1, 0.15) is 37.3 Å². The van der Waals surface area contributed by atoms with E-state index >= 15 is 0 Å². The first-order valence-electron chi connectivity index (χ1n) is 12.2. The van der Waals surface area contributed by atoms with Gasteiger partial charge in [0, 0.05) is 30.5 Å². The number of ether oxygens (including phenoxy) is 1. The van der Waals surface area contributed by atoms with E-state index < -0.39 is 10.0 Å². The van der Waals surface area contributed by atoms with Crippen LogP contribution in [0.2, 0.25) is 0 Å². The molecule has 0 radical (unpaired) electrons. The van der Waals surface area contributed by atoms with Crippen molar-refractivity contribution in [1.82, 2.24) is 19.3 Å². The highest BCUT2D eigenvalue weighted by atomic mass is 79.9. The number of hydrogen-bond acceptors (Lipinski definition) is 6. The number of halogens is 2. The summed E-state index contributed by atoms with van der Waals surface area (Å²) >= 11 is 10.2. The fraction of sp³-hybridized carbons (Fsp3) is 0.308. The van der Waals surface area contributed by atoms with Gasteiger partial charge >= 0.3 is 0 Å². The maximum Gasteiger partial charge on any atom is 0.240 e.